The van der Waals surface area contributed by atoms with Crippen molar-refractivity contribution in [3.63, 3.8) is 0 Å². The zero-order chi connectivity index (χ0) is 24.2. The first kappa shape index (κ1) is 23.6. The second kappa shape index (κ2) is 10.6. The highest BCUT2D eigenvalue weighted by molar-refractivity contribution is 8.19. The smallest absolute Gasteiger partial charge is 0.269 e. The fourth-order valence-electron chi connectivity index (χ4n) is 4.15. The summed E-state index contributed by atoms with van der Waals surface area (Å²) in [4.78, 5) is 24.6. The molecule has 0 N–H and O–H groups in total. The molecule has 0 radical (unpaired) electrons. The van der Waals surface area contributed by atoms with Crippen LogP contribution in [-0.4, -0.2) is 36.2 Å². The first-order valence-electron chi connectivity index (χ1n) is 11.7. The maximum absolute atomic E-state index is 13.8. The molecule has 5 nitrogen and oxygen atoms in total. The van der Waals surface area contributed by atoms with E-state index in [1.807, 2.05) is 53.4 Å². The van der Waals surface area contributed by atoms with Gasteiger partial charge in [-0.3, -0.25) is 14.7 Å². The Hall–Kier alpha value is -3.16. The average molecular weight is 502 g/mol. The van der Waals surface area contributed by atoms with Gasteiger partial charge in [-0.25, -0.2) is 0 Å². The number of anilines is 1. The van der Waals surface area contributed by atoms with E-state index in [2.05, 4.69) is 42.2 Å². The number of aliphatic imine (C=N–C) groups is 1. The molecular weight excluding hydrogens is 474 g/mol. The number of benzene rings is 3. The predicted octanol–water partition coefficient (Wildman–Crippen LogP) is 6.17. The number of nitrogens with zero attached hydrogens (tertiary/aromatic N) is 3. The molecule has 1 fully saturated rings. The highest BCUT2D eigenvalue weighted by Gasteiger charge is 2.39. The van der Waals surface area contributed by atoms with Crippen LogP contribution >= 0.6 is 23.5 Å². The lowest BCUT2D eigenvalue weighted by molar-refractivity contribution is -0.122. The van der Waals surface area contributed by atoms with Crippen LogP contribution in [0.1, 0.15) is 18.1 Å². The molecule has 7 heteroatoms. The molecule has 178 valence electrons. The standard InChI is InChI=1S/C28H27N3O2S2/c1-3-30-23-18-22(33-2)14-15-24(23)34-27(30)25-26(32)31(17-16-20-10-6-4-7-11-20)28(35-25)29-19-21-12-8-5-9-13-21/h4-15,18H,3,16-17,19H2,1-2H3. The summed E-state index contributed by atoms with van der Waals surface area (Å²) in [7, 11) is 1.68. The molecule has 0 spiro atoms. The number of fused-ring (bicyclic) bond motifs is 1. The number of carbonyl (C=O) groups is 1. The van der Waals surface area contributed by atoms with Crippen molar-refractivity contribution >= 4 is 40.3 Å². The van der Waals surface area contributed by atoms with E-state index in [-0.39, 0.29) is 5.91 Å². The van der Waals surface area contributed by atoms with E-state index in [1.165, 1.54) is 17.3 Å². The molecule has 0 unspecified atom stereocenters. The summed E-state index contributed by atoms with van der Waals surface area (Å²) in [5, 5.41) is 1.74. The van der Waals surface area contributed by atoms with E-state index < -0.39 is 0 Å². The van der Waals surface area contributed by atoms with Gasteiger partial charge in [-0.2, -0.15) is 0 Å². The van der Waals surface area contributed by atoms with E-state index in [0.717, 1.165) is 50.0 Å². The van der Waals surface area contributed by atoms with Crippen LogP contribution in [0.4, 0.5) is 5.69 Å². The summed E-state index contributed by atoms with van der Waals surface area (Å²) in [6, 6.07) is 26.5. The van der Waals surface area contributed by atoms with Gasteiger partial charge in [-0.1, -0.05) is 72.4 Å². The van der Waals surface area contributed by atoms with E-state index >= 15 is 0 Å². The molecule has 0 saturated carbocycles. The van der Waals surface area contributed by atoms with Gasteiger partial charge in [0.2, 0.25) is 0 Å². The van der Waals surface area contributed by atoms with Crippen molar-refractivity contribution in [1.29, 1.82) is 0 Å². The highest BCUT2D eigenvalue weighted by atomic mass is 32.2. The summed E-state index contributed by atoms with van der Waals surface area (Å²) < 4.78 is 5.44. The van der Waals surface area contributed by atoms with Crippen molar-refractivity contribution in [3.8, 4) is 5.75 Å². The third-order valence-electron chi connectivity index (χ3n) is 5.99. The molecule has 1 amide bonds. The van der Waals surface area contributed by atoms with Crippen molar-refractivity contribution in [3.05, 3.63) is 99.9 Å². The van der Waals surface area contributed by atoms with Crippen LogP contribution in [-0.2, 0) is 17.8 Å². The van der Waals surface area contributed by atoms with Crippen LogP contribution in [0, 0.1) is 0 Å². The minimum Gasteiger partial charge on any atom is -0.497 e. The summed E-state index contributed by atoms with van der Waals surface area (Å²) in [6.07, 6.45) is 0.780. The molecule has 2 heterocycles. The molecule has 2 aliphatic rings. The van der Waals surface area contributed by atoms with Crippen LogP contribution in [0.25, 0.3) is 0 Å². The topological polar surface area (TPSA) is 45.1 Å². The monoisotopic (exact) mass is 501 g/mol. The number of ether oxygens (including phenoxy) is 1. The molecule has 3 aromatic rings. The van der Waals surface area contributed by atoms with Gasteiger partial charge >= 0.3 is 0 Å². The van der Waals surface area contributed by atoms with Crippen LogP contribution in [0.5, 0.6) is 5.75 Å². The Morgan fingerprint density at radius 1 is 0.886 bits per heavy atom. The summed E-state index contributed by atoms with van der Waals surface area (Å²) in [5.41, 5.74) is 3.42. The summed E-state index contributed by atoms with van der Waals surface area (Å²) in [5.74, 6) is 0.840. The highest BCUT2D eigenvalue weighted by Crippen LogP contribution is 2.51. The number of thioether (sulfide) groups is 2. The van der Waals surface area contributed by atoms with Crippen molar-refractivity contribution in [2.75, 3.05) is 25.1 Å². The fraction of sp³-hybridized carbons (Fsp3) is 0.214. The van der Waals surface area contributed by atoms with Gasteiger partial charge in [0.05, 0.1) is 19.3 Å². The molecule has 2 aliphatic heterocycles. The van der Waals surface area contributed by atoms with Crippen molar-refractivity contribution in [2.24, 2.45) is 4.99 Å². The lowest BCUT2D eigenvalue weighted by Gasteiger charge is -2.19. The van der Waals surface area contributed by atoms with Gasteiger partial charge in [-0.15, -0.1) is 0 Å². The lowest BCUT2D eigenvalue weighted by Crippen LogP contribution is -2.32. The lowest BCUT2D eigenvalue weighted by atomic mass is 10.1. The number of hydrogen-bond acceptors (Lipinski definition) is 6. The van der Waals surface area contributed by atoms with E-state index in [4.69, 9.17) is 9.73 Å². The van der Waals surface area contributed by atoms with Gasteiger partial charge in [-0.05, 0) is 48.4 Å². The summed E-state index contributed by atoms with van der Waals surface area (Å²) in [6.45, 7) is 4.01. The maximum atomic E-state index is 13.8. The Kier molecular flexibility index (Phi) is 7.16. The summed E-state index contributed by atoms with van der Waals surface area (Å²) >= 11 is 3.14. The second-order valence-corrected chi connectivity index (χ2v) is 10.2. The minimum atomic E-state index is 0.0264. The molecule has 0 atom stereocenters. The van der Waals surface area contributed by atoms with Crippen molar-refractivity contribution < 1.29 is 9.53 Å². The Labute approximate surface area is 214 Å². The SMILES string of the molecule is CCN1C(=C2SC(=NCc3ccccc3)N(CCc3ccccc3)C2=O)Sc2ccc(OC)cc21. The van der Waals surface area contributed by atoms with Gasteiger partial charge in [0.25, 0.3) is 5.91 Å². The van der Waals surface area contributed by atoms with Gasteiger partial charge in [0, 0.05) is 24.1 Å². The molecule has 3 aromatic carbocycles. The number of methoxy groups -OCH3 is 1. The van der Waals surface area contributed by atoms with E-state index in [9.17, 15) is 4.79 Å². The number of hydrogen-bond donors (Lipinski definition) is 0. The molecule has 35 heavy (non-hydrogen) atoms. The Bertz CT molecular complexity index is 1280. The van der Waals surface area contributed by atoms with Crippen LogP contribution < -0.4 is 9.64 Å². The Morgan fingerprint density at radius 3 is 2.29 bits per heavy atom. The van der Waals surface area contributed by atoms with Gasteiger partial charge < -0.3 is 9.64 Å². The van der Waals surface area contributed by atoms with E-state index in [1.54, 1.807) is 18.9 Å². The normalized spacial score (nSPS) is 18.5. The third kappa shape index (κ3) is 4.97. The zero-order valence-electron chi connectivity index (χ0n) is 19.8. The molecule has 1 saturated heterocycles. The molecule has 0 bridgehead atoms. The largest absolute Gasteiger partial charge is 0.497 e. The number of amidine groups is 1. The zero-order valence-corrected chi connectivity index (χ0v) is 21.4. The van der Waals surface area contributed by atoms with Crippen LogP contribution in [0.2, 0.25) is 0 Å². The van der Waals surface area contributed by atoms with E-state index in [0.29, 0.717) is 13.1 Å². The fourth-order valence-corrected chi connectivity index (χ4v) is 6.53. The molecule has 0 aliphatic carbocycles. The third-order valence-corrected chi connectivity index (χ3v) is 8.41. The van der Waals surface area contributed by atoms with Crippen LogP contribution in [0.3, 0.4) is 0 Å². The van der Waals surface area contributed by atoms with Gasteiger partial charge in [0.15, 0.2) is 5.17 Å². The van der Waals surface area contributed by atoms with Crippen molar-refractivity contribution in [1.82, 2.24) is 4.90 Å². The average Bonchev–Trinajstić information content (AvgIpc) is 3.43. The molecule has 0 aromatic heterocycles. The van der Waals surface area contributed by atoms with Gasteiger partial charge in [0.1, 0.15) is 15.7 Å². The second-order valence-electron chi connectivity index (χ2n) is 8.19. The number of amides is 1. The molecule has 5 rings (SSSR count). The predicted molar refractivity (Wildman–Crippen MR) is 146 cm³/mol. The first-order chi connectivity index (χ1) is 17.2. The Morgan fingerprint density at radius 2 is 1.60 bits per heavy atom. The number of carbonyl (C=O) groups excluding carboxylic acids is 1. The Balaban J connectivity index is 1.47. The minimum absolute atomic E-state index is 0.0264. The molecular formula is C28H27N3O2S2. The van der Waals surface area contributed by atoms with Crippen LogP contribution in [0.15, 0.2) is 98.7 Å². The number of rotatable bonds is 7. The quantitative estimate of drug-likeness (QED) is 0.362. The van der Waals surface area contributed by atoms with Crippen molar-refractivity contribution in [2.45, 2.75) is 24.8 Å². The maximum Gasteiger partial charge on any atom is 0.269 e. The first-order valence-corrected chi connectivity index (χ1v) is 13.3.